The van der Waals surface area contributed by atoms with Crippen LogP contribution in [-0.2, 0) is 13.2 Å². The molecule has 0 radical (unpaired) electrons. The van der Waals surface area contributed by atoms with E-state index in [1.807, 2.05) is 60.7 Å². The second-order valence-electron chi connectivity index (χ2n) is 8.86. The fraction of sp³-hybridized carbons (Fsp3) is 0.345. The van der Waals surface area contributed by atoms with Gasteiger partial charge in [0.2, 0.25) is 0 Å². The SMILES string of the molecule is COc1cc(OCc2cccc(-c3ccccc3)c2C#N)cc(OC)c1CN1C(C)CCC1C. The first-order chi connectivity index (χ1) is 16.5. The van der Waals surface area contributed by atoms with Crippen molar-refractivity contribution in [3.05, 3.63) is 77.4 Å². The smallest absolute Gasteiger partial charge is 0.130 e. The molecule has 2 unspecified atom stereocenters. The fourth-order valence-corrected chi connectivity index (χ4v) is 4.81. The number of likely N-dealkylation sites (tertiary alicyclic amines) is 1. The van der Waals surface area contributed by atoms with E-state index in [2.05, 4.69) is 24.8 Å². The molecule has 4 rings (SSSR count). The maximum atomic E-state index is 9.89. The van der Waals surface area contributed by atoms with Crippen LogP contribution in [-0.4, -0.2) is 31.2 Å². The molecular weight excluding hydrogens is 424 g/mol. The molecule has 0 amide bonds. The van der Waals surface area contributed by atoms with Crippen molar-refractivity contribution in [2.24, 2.45) is 0 Å². The summed E-state index contributed by atoms with van der Waals surface area (Å²) in [5.74, 6) is 2.15. The van der Waals surface area contributed by atoms with E-state index in [0.29, 0.717) is 23.4 Å². The maximum absolute atomic E-state index is 9.89. The Balaban J connectivity index is 1.59. The van der Waals surface area contributed by atoms with Gasteiger partial charge in [-0.2, -0.15) is 5.26 Å². The molecule has 2 atom stereocenters. The van der Waals surface area contributed by atoms with Crippen molar-refractivity contribution in [3.63, 3.8) is 0 Å². The maximum Gasteiger partial charge on any atom is 0.130 e. The van der Waals surface area contributed by atoms with Gasteiger partial charge in [0.1, 0.15) is 29.9 Å². The van der Waals surface area contributed by atoms with Crippen LogP contribution in [0.5, 0.6) is 17.2 Å². The number of nitriles is 1. The molecule has 0 saturated carbocycles. The van der Waals surface area contributed by atoms with E-state index >= 15 is 0 Å². The summed E-state index contributed by atoms with van der Waals surface area (Å²) < 4.78 is 17.6. The molecule has 176 valence electrons. The van der Waals surface area contributed by atoms with Crippen LogP contribution < -0.4 is 14.2 Å². The van der Waals surface area contributed by atoms with Crippen molar-refractivity contribution in [3.8, 4) is 34.4 Å². The van der Waals surface area contributed by atoms with E-state index in [0.717, 1.165) is 40.3 Å². The molecule has 0 N–H and O–H groups in total. The third-order valence-corrected chi connectivity index (χ3v) is 6.80. The molecule has 1 heterocycles. The average molecular weight is 457 g/mol. The molecule has 1 fully saturated rings. The minimum atomic E-state index is 0.273. The van der Waals surface area contributed by atoms with Crippen molar-refractivity contribution in [1.29, 1.82) is 5.26 Å². The van der Waals surface area contributed by atoms with Gasteiger partial charge in [-0.05, 0) is 37.8 Å². The normalized spacial score (nSPS) is 17.9. The zero-order chi connectivity index (χ0) is 24.1. The Kier molecular flexibility index (Phi) is 7.40. The van der Waals surface area contributed by atoms with Crippen molar-refractivity contribution in [2.75, 3.05) is 14.2 Å². The highest BCUT2D eigenvalue weighted by Gasteiger charge is 2.29. The molecule has 0 bridgehead atoms. The lowest BCUT2D eigenvalue weighted by Gasteiger charge is -2.27. The van der Waals surface area contributed by atoms with Crippen LogP contribution in [0, 0.1) is 11.3 Å². The summed E-state index contributed by atoms with van der Waals surface area (Å²) >= 11 is 0. The van der Waals surface area contributed by atoms with E-state index in [1.165, 1.54) is 12.8 Å². The molecule has 1 aliphatic rings. The molecule has 1 saturated heterocycles. The molecule has 0 aromatic heterocycles. The monoisotopic (exact) mass is 456 g/mol. The predicted octanol–water partition coefficient (Wildman–Crippen LogP) is 6.19. The van der Waals surface area contributed by atoms with E-state index in [1.54, 1.807) is 14.2 Å². The Hall–Kier alpha value is -3.49. The van der Waals surface area contributed by atoms with E-state index in [-0.39, 0.29) is 6.61 Å². The lowest BCUT2D eigenvalue weighted by molar-refractivity contribution is 0.199. The number of rotatable bonds is 8. The quantitative estimate of drug-likeness (QED) is 0.404. The molecular formula is C29H32N2O3. The van der Waals surface area contributed by atoms with Crippen LogP contribution >= 0.6 is 0 Å². The minimum absolute atomic E-state index is 0.273. The fourth-order valence-electron chi connectivity index (χ4n) is 4.81. The minimum Gasteiger partial charge on any atom is -0.496 e. The van der Waals surface area contributed by atoms with Gasteiger partial charge in [-0.15, -0.1) is 0 Å². The zero-order valence-corrected chi connectivity index (χ0v) is 20.4. The summed E-state index contributed by atoms with van der Waals surface area (Å²) in [7, 11) is 3.35. The van der Waals surface area contributed by atoms with Crippen molar-refractivity contribution in [1.82, 2.24) is 4.90 Å². The number of hydrogen-bond acceptors (Lipinski definition) is 5. The summed E-state index contributed by atoms with van der Waals surface area (Å²) in [6.07, 6.45) is 2.41. The molecule has 34 heavy (non-hydrogen) atoms. The molecule has 3 aromatic carbocycles. The summed E-state index contributed by atoms with van der Waals surface area (Å²) in [6.45, 7) is 5.59. The van der Waals surface area contributed by atoms with Crippen molar-refractivity contribution >= 4 is 0 Å². The third kappa shape index (κ3) is 4.88. The Morgan fingerprint density at radius 3 is 2.15 bits per heavy atom. The standard InChI is InChI=1S/C29H32N2O3/c1-20-13-14-21(2)31(20)18-27-28(32-3)15-24(16-29(27)33-4)34-19-23-11-8-12-25(26(23)17-30)22-9-6-5-7-10-22/h5-12,15-16,20-21H,13-14,18-19H2,1-4H3. The second-order valence-corrected chi connectivity index (χ2v) is 8.86. The zero-order valence-electron chi connectivity index (χ0n) is 20.4. The van der Waals surface area contributed by atoms with Crippen LogP contribution in [0.15, 0.2) is 60.7 Å². The van der Waals surface area contributed by atoms with Gasteiger partial charge in [0, 0.05) is 36.3 Å². The molecule has 0 spiro atoms. The summed E-state index contributed by atoms with van der Waals surface area (Å²) in [6, 6.07) is 23.1. The number of benzene rings is 3. The van der Waals surface area contributed by atoms with Gasteiger partial charge < -0.3 is 14.2 Å². The highest BCUT2D eigenvalue weighted by molar-refractivity contribution is 5.72. The van der Waals surface area contributed by atoms with E-state index in [4.69, 9.17) is 14.2 Å². The van der Waals surface area contributed by atoms with Crippen LogP contribution in [0.3, 0.4) is 0 Å². The molecule has 3 aromatic rings. The largest absolute Gasteiger partial charge is 0.496 e. The highest BCUT2D eigenvalue weighted by Crippen LogP contribution is 2.38. The van der Waals surface area contributed by atoms with Gasteiger partial charge >= 0.3 is 0 Å². The van der Waals surface area contributed by atoms with Crippen LogP contribution in [0.2, 0.25) is 0 Å². The third-order valence-electron chi connectivity index (χ3n) is 6.80. The highest BCUT2D eigenvalue weighted by atomic mass is 16.5. The molecule has 5 heteroatoms. The van der Waals surface area contributed by atoms with Gasteiger partial charge in [0.15, 0.2) is 0 Å². The molecule has 5 nitrogen and oxygen atoms in total. The number of methoxy groups -OCH3 is 2. The average Bonchev–Trinajstić information content (AvgIpc) is 3.20. The first-order valence-electron chi connectivity index (χ1n) is 11.8. The first-order valence-corrected chi connectivity index (χ1v) is 11.8. The van der Waals surface area contributed by atoms with Crippen LogP contribution in [0.1, 0.15) is 43.4 Å². The summed E-state index contributed by atoms with van der Waals surface area (Å²) in [5, 5.41) is 9.89. The van der Waals surface area contributed by atoms with Crippen molar-refractivity contribution in [2.45, 2.75) is 51.9 Å². The molecule has 0 aliphatic carbocycles. The van der Waals surface area contributed by atoms with E-state index < -0.39 is 0 Å². The lowest BCUT2D eigenvalue weighted by Crippen LogP contribution is -2.32. The number of ether oxygens (including phenoxy) is 3. The Morgan fingerprint density at radius 2 is 1.56 bits per heavy atom. The molecule has 1 aliphatic heterocycles. The Morgan fingerprint density at radius 1 is 0.912 bits per heavy atom. The Labute approximate surface area is 202 Å². The van der Waals surface area contributed by atoms with E-state index in [9.17, 15) is 5.26 Å². The van der Waals surface area contributed by atoms with Crippen LogP contribution in [0.25, 0.3) is 11.1 Å². The number of nitrogens with zero attached hydrogens (tertiary/aromatic N) is 2. The number of hydrogen-bond donors (Lipinski definition) is 0. The first kappa shape index (κ1) is 23.7. The van der Waals surface area contributed by atoms with Gasteiger partial charge in [-0.3, -0.25) is 4.90 Å². The summed E-state index contributed by atoms with van der Waals surface area (Å²) in [5.41, 5.74) is 4.41. The van der Waals surface area contributed by atoms with Gasteiger partial charge in [-0.1, -0.05) is 48.5 Å². The second kappa shape index (κ2) is 10.6. The Bertz CT molecular complexity index is 1130. The topological polar surface area (TPSA) is 54.7 Å². The van der Waals surface area contributed by atoms with Crippen molar-refractivity contribution < 1.29 is 14.2 Å². The van der Waals surface area contributed by atoms with Gasteiger partial charge in [-0.25, -0.2) is 0 Å². The van der Waals surface area contributed by atoms with Gasteiger partial charge in [0.25, 0.3) is 0 Å². The van der Waals surface area contributed by atoms with Gasteiger partial charge in [0.05, 0.1) is 25.3 Å². The summed E-state index contributed by atoms with van der Waals surface area (Å²) in [4.78, 5) is 2.50. The predicted molar refractivity (Wildman–Crippen MR) is 134 cm³/mol. The van der Waals surface area contributed by atoms with Crippen LogP contribution in [0.4, 0.5) is 0 Å². The lowest BCUT2D eigenvalue weighted by atomic mass is 9.96.